The topological polar surface area (TPSA) is 105 Å². The van der Waals surface area contributed by atoms with Gasteiger partial charge in [-0.15, -0.1) is 11.3 Å². The number of hydrogen-bond donors (Lipinski definition) is 2. The Morgan fingerprint density at radius 3 is 2.76 bits per heavy atom. The summed E-state index contributed by atoms with van der Waals surface area (Å²) in [4.78, 5) is 52.1. The highest BCUT2D eigenvalue weighted by Crippen LogP contribution is 2.38. The molecule has 158 valence electrons. The van der Waals surface area contributed by atoms with Crippen molar-refractivity contribution in [2.45, 2.75) is 58.4 Å². The van der Waals surface area contributed by atoms with Crippen LogP contribution in [-0.2, 0) is 20.7 Å². The molecule has 1 spiro atoms. The van der Waals surface area contributed by atoms with Crippen molar-refractivity contribution >= 4 is 40.2 Å². The first-order chi connectivity index (χ1) is 13.8. The van der Waals surface area contributed by atoms with Crippen molar-refractivity contribution in [3.63, 3.8) is 0 Å². The average molecular weight is 422 g/mol. The minimum Gasteiger partial charge on any atom is -0.462 e. The molecule has 2 heterocycles. The molecule has 4 amide bonds. The molecule has 2 aliphatic rings. The molecule has 3 rings (SSSR count). The molecule has 2 fully saturated rings. The van der Waals surface area contributed by atoms with Gasteiger partial charge in [0.2, 0.25) is 5.91 Å². The highest BCUT2D eigenvalue weighted by molar-refractivity contribution is 7.16. The molecule has 0 bridgehead atoms. The highest BCUT2D eigenvalue weighted by atomic mass is 32.1. The molecule has 1 saturated carbocycles. The average Bonchev–Trinajstić information content (AvgIpc) is 3.19. The van der Waals surface area contributed by atoms with Crippen LogP contribution in [-0.4, -0.2) is 47.4 Å². The number of ether oxygens (including phenoxy) is 1. The van der Waals surface area contributed by atoms with E-state index in [2.05, 4.69) is 10.6 Å². The van der Waals surface area contributed by atoms with Crippen molar-refractivity contribution in [3.8, 4) is 0 Å². The van der Waals surface area contributed by atoms with E-state index in [1.165, 1.54) is 11.3 Å². The molecule has 9 heteroatoms. The van der Waals surface area contributed by atoms with Gasteiger partial charge in [-0.25, -0.2) is 9.59 Å². The second-order valence-electron chi connectivity index (χ2n) is 7.52. The van der Waals surface area contributed by atoms with Crippen LogP contribution in [0, 0.1) is 5.92 Å². The number of carbonyl (C=O) groups excluding carboxylic acids is 4. The lowest BCUT2D eigenvalue weighted by molar-refractivity contribution is -0.136. The van der Waals surface area contributed by atoms with Crippen molar-refractivity contribution in [3.05, 3.63) is 16.5 Å². The molecule has 0 unspecified atom stereocenters. The number of carbonyl (C=O) groups is 4. The standard InChI is InChI=1S/C20H27N3O5S/c1-4-13-10-14(17(25)28-5-2)16(29-13)21-15(24)11-23-18(26)20(22-19(23)27)9-7-6-8-12(20)3/h10,12H,4-9,11H2,1-3H3,(H,21,24)(H,22,27)/t12-,20+/m0/s1. The molecule has 1 aliphatic heterocycles. The largest absolute Gasteiger partial charge is 0.462 e. The molecule has 2 atom stereocenters. The quantitative estimate of drug-likeness (QED) is 0.543. The summed E-state index contributed by atoms with van der Waals surface area (Å²) in [6, 6.07) is 1.16. The SMILES string of the molecule is CCOC(=O)c1cc(CC)sc1NC(=O)CN1C(=O)N[C@@]2(CCCC[C@@H]2C)C1=O. The van der Waals surface area contributed by atoms with Gasteiger partial charge in [0, 0.05) is 4.88 Å². The van der Waals surface area contributed by atoms with E-state index in [0.29, 0.717) is 17.8 Å². The summed E-state index contributed by atoms with van der Waals surface area (Å²) in [5.74, 6) is -1.34. The first kappa shape index (κ1) is 21.3. The van der Waals surface area contributed by atoms with Gasteiger partial charge in [0.1, 0.15) is 17.1 Å². The predicted octanol–water partition coefficient (Wildman–Crippen LogP) is 2.93. The van der Waals surface area contributed by atoms with Crippen LogP contribution in [0.15, 0.2) is 6.07 Å². The fraction of sp³-hybridized carbons (Fsp3) is 0.600. The number of anilines is 1. The Bertz CT molecular complexity index is 836. The lowest BCUT2D eigenvalue weighted by atomic mass is 9.73. The van der Waals surface area contributed by atoms with E-state index in [4.69, 9.17) is 4.74 Å². The maximum Gasteiger partial charge on any atom is 0.341 e. The Labute approximate surface area is 174 Å². The predicted molar refractivity (Wildman–Crippen MR) is 109 cm³/mol. The number of rotatable bonds is 6. The van der Waals surface area contributed by atoms with Crippen LogP contribution in [0.1, 0.15) is 61.7 Å². The van der Waals surface area contributed by atoms with E-state index in [1.807, 2.05) is 13.8 Å². The second kappa shape index (κ2) is 8.52. The lowest BCUT2D eigenvalue weighted by Gasteiger charge is -2.36. The normalized spacial score (nSPS) is 24.0. The fourth-order valence-electron chi connectivity index (χ4n) is 4.02. The van der Waals surface area contributed by atoms with Gasteiger partial charge in [0.25, 0.3) is 5.91 Å². The number of urea groups is 1. The Morgan fingerprint density at radius 1 is 1.34 bits per heavy atom. The Balaban J connectivity index is 1.73. The molecular formula is C20H27N3O5S. The summed E-state index contributed by atoms with van der Waals surface area (Å²) in [5, 5.41) is 5.89. The summed E-state index contributed by atoms with van der Waals surface area (Å²) >= 11 is 1.29. The van der Waals surface area contributed by atoms with Gasteiger partial charge in [-0.05, 0) is 38.2 Å². The van der Waals surface area contributed by atoms with Crippen LogP contribution < -0.4 is 10.6 Å². The maximum atomic E-state index is 13.0. The zero-order valence-electron chi connectivity index (χ0n) is 17.0. The van der Waals surface area contributed by atoms with E-state index >= 15 is 0 Å². The Morgan fingerprint density at radius 2 is 2.10 bits per heavy atom. The van der Waals surface area contributed by atoms with E-state index in [9.17, 15) is 19.2 Å². The van der Waals surface area contributed by atoms with Crippen LogP contribution in [0.5, 0.6) is 0 Å². The van der Waals surface area contributed by atoms with Crippen molar-refractivity contribution in [2.24, 2.45) is 5.92 Å². The number of nitrogens with one attached hydrogen (secondary N) is 2. The number of nitrogens with zero attached hydrogens (tertiary/aromatic N) is 1. The number of imide groups is 1. The summed E-state index contributed by atoms with van der Waals surface area (Å²) in [6.07, 6.45) is 4.06. The number of aryl methyl sites for hydroxylation is 1. The van der Waals surface area contributed by atoms with Crippen molar-refractivity contribution in [1.29, 1.82) is 0 Å². The third-order valence-corrected chi connectivity index (χ3v) is 6.88. The van der Waals surface area contributed by atoms with Crippen LogP contribution in [0.4, 0.5) is 9.80 Å². The lowest BCUT2D eigenvalue weighted by Crippen LogP contribution is -2.54. The molecule has 2 N–H and O–H groups in total. The molecule has 1 saturated heterocycles. The molecule has 8 nitrogen and oxygen atoms in total. The first-order valence-electron chi connectivity index (χ1n) is 10.1. The number of esters is 1. The molecule has 0 radical (unpaired) electrons. The minimum atomic E-state index is -0.899. The van der Waals surface area contributed by atoms with Crippen LogP contribution in [0.25, 0.3) is 0 Å². The van der Waals surface area contributed by atoms with Crippen molar-refractivity contribution < 1.29 is 23.9 Å². The number of amides is 4. The summed E-state index contributed by atoms with van der Waals surface area (Å²) in [7, 11) is 0. The van der Waals surface area contributed by atoms with Gasteiger partial charge in [-0.1, -0.05) is 26.7 Å². The smallest absolute Gasteiger partial charge is 0.341 e. The molecule has 1 aromatic heterocycles. The zero-order valence-corrected chi connectivity index (χ0v) is 17.8. The van der Waals surface area contributed by atoms with Gasteiger partial charge in [-0.2, -0.15) is 0 Å². The van der Waals surface area contributed by atoms with Crippen molar-refractivity contribution in [1.82, 2.24) is 10.2 Å². The molecule has 29 heavy (non-hydrogen) atoms. The summed E-state index contributed by atoms with van der Waals surface area (Å²) < 4.78 is 5.05. The summed E-state index contributed by atoms with van der Waals surface area (Å²) in [6.45, 7) is 5.46. The highest BCUT2D eigenvalue weighted by Gasteiger charge is 2.55. The van der Waals surface area contributed by atoms with Gasteiger partial charge >= 0.3 is 12.0 Å². The van der Waals surface area contributed by atoms with E-state index in [1.54, 1.807) is 13.0 Å². The fourth-order valence-corrected chi connectivity index (χ4v) is 5.02. The number of hydrogen-bond acceptors (Lipinski definition) is 6. The van der Waals surface area contributed by atoms with E-state index < -0.39 is 23.4 Å². The summed E-state index contributed by atoms with van der Waals surface area (Å²) in [5.41, 5.74) is -0.610. The van der Waals surface area contributed by atoms with Crippen LogP contribution in [0.2, 0.25) is 0 Å². The van der Waals surface area contributed by atoms with Crippen LogP contribution >= 0.6 is 11.3 Å². The van der Waals surface area contributed by atoms with E-state index in [-0.39, 0.29) is 30.5 Å². The van der Waals surface area contributed by atoms with Gasteiger partial charge in [-0.3, -0.25) is 14.5 Å². The first-order valence-corrected chi connectivity index (χ1v) is 10.9. The van der Waals surface area contributed by atoms with Gasteiger partial charge in [0.15, 0.2) is 0 Å². The van der Waals surface area contributed by atoms with Crippen LogP contribution in [0.3, 0.4) is 0 Å². The maximum absolute atomic E-state index is 13.0. The zero-order chi connectivity index (χ0) is 21.2. The third-order valence-electron chi connectivity index (χ3n) is 5.68. The molecule has 1 aromatic rings. The van der Waals surface area contributed by atoms with E-state index in [0.717, 1.165) is 29.0 Å². The van der Waals surface area contributed by atoms with Gasteiger partial charge in [0.05, 0.1) is 12.2 Å². The van der Waals surface area contributed by atoms with Gasteiger partial charge < -0.3 is 15.4 Å². The third kappa shape index (κ3) is 4.01. The Kier molecular flexibility index (Phi) is 6.26. The monoisotopic (exact) mass is 421 g/mol. The second-order valence-corrected chi connectivity index (χ2v) is 8.65. The van der Waals surface area contributed by atoms with Crippen molar-refractivity contribution in [2.75, 3.05) is 18.5 Å². The molecule has 0 aromatic carbocycles. The Hall–Kier alpha value is -2.42. The molecule has 1 aliphatic carbocycles. The minimum absolute atomic E-state index is 0.0283. The molecular weight excluding hydrogens is 394 g/mol. The number of thiophene rings is 1.